The maximum Gasteiger partial charge on any atom is 0.125 e. The Morgan fingerprint density at radius 1 is 1.10 bits per heavy atom. The Labute approximate surface area is 176 Å². The van der Waals surface area contributed by atoms with Crippen LogP contribution in [-0.2, 0) is 6.54 Å². The molecule has 1 aliphatic heterocycles. The van der Waals surface area contributed by atoms with Crippen LogP contribution < -0.4 is 0 Å². The maximum atomic E-state index is 8.98. The molecule has 5 nitrogen and oxygen atoms in total. The van der Waals surface area contributed by atoms with E-state index in [9.17, 15) is 0 Å². The van der Waals surface area contributed by atoms with Crippen molar-refractivity contribution >= 4 is 11.3 Å². The molecule has 0 N–H and O–H groups in total. The van der Waals surface area contributed by atoms with E-state index < -0.39 is 0 Å². The Balaban J connectivity index is 1.51. The average Bonchev–Trinajstić information content (AvgIpc) is 3.25. The fourth-order valence-electron chi connectivity index (χ4n) is 3.68. The molecule has 0 bridgehead atoms. The van der Waals surface area contributed by atoms with Crippen LogP contribution in [0.2, 0.25) is 0 Å². The third-order valence-electron chi connectivity index (χ3n) is 5.49. The topological polar surface area (TPSA) is 56.1 Å². The molecule has 2 aromatic heterocycles. The van der Waals surface area contributed by atoms with Gasteiger partial charge in [-0.2, -0.15) is 5.26 Å². The van der Waals surface area contributed by atoms with Gasteiger partial charge in [0.15, 0.2) is 0 Å². The van der Waals surface area contributed by atoms with Crippen molar-refractivity contribution in [2.45, 2.75) is 26.4 Å². The standard InChI is InChI=1S/C23H25N5S/c1-17(2)28-11-9-27(10-12-28)15-20-7-8-25-14-21(20)23-26-22(16-29-23)19-5-3-18(13-24)4-6-19/h3-8,14,16-17H,9-12,15H2,1-2H3. The van der Waals surface area contributed by atoms with E-state index in [2.05, 4.69) is 46.1 Å². The predicted octanol–water partition coefficient (Wildman–Crippen LogP) is 4.27. The molecule has 6 heteroatoms. The molecule has 1 aromatic carbocycles. The van der Waals surface area contributed by atoms with Crippen molar-refractivity contribution in [3.05, 3.63) is 59.2 Å². The van der Waals surface area contributed by atoms with Gasteiger partial charge < -0.3 is 0 Å². The second-order valence-electron chi connectivity index (χ2n) is 7.67. The molecule has 0 unspecified atom stereocenters. The molecular formula is C23H25N5S. The van der Waals surface area contributed by atoms with Gasteiger partial charge in [-0.05, 0) is 37.6 Å². The molecule has 0 aliphatic carbocycles. The second kappa shape index (κ2) is 8.83. The van der Waals surface area contributed by atoms with E-state index in [1.54, 1.807) is 11.3 Å². The van der Waals surface area contributed by atoms with Crippen LogP contribution in [0.5, 0.6) is 0 Å². The molecule has 0 radical (unpaired) electrons. The van der Waals surface area contributed by atoms with E-state index >= 15 is 0 Å². The Hall–Kier alpha value is -2.59. The summed E-state index contributed by atoms with van der Waals surface area (Å²) in [6.07, 6.45) is 3.80. The van der Waals surface area contributed by atoms with Crippen LogP contribution >= 0.6 is 11.3 Å². The normalized spacial score (nSPS) is 15.5. The van der Waals surface area contributed by atoms with E-state index in [-0.39, 0.29) is 0 Å². The summed E-state index contributed by atoms with van der Waals surface area (Å²) in [5.74, 6) is 0. The molecule has 1 saturated heterocycles. The summed E-state index contributed by atoms with van der Waals surface area (Å²) in [6.45, 7) is 9.89. The molecule has 29 heavy (non-hydrogen) atoms. The molecule has 1 fully saturated rings. The highest BCUT2D eigenvalue weighted by atomic mass is 32.1. The number of benzene rings is 1. The van der Waals surface area contributed by atoms with Gasteiger partial charge in [-0.15, -0.1) is 11.3 Å². The van der Waals surface area contributed by atoms with E-state index in [1.165, 1.54) is 5.56 Å². The fraction of sp³-hybridized carbons (Fsp3) is 0.348. The molecule has 0 spiro atoms. The first kappa shape index (κ1) is 19.7. The highest BCUT2D eigenvalue weighted by Crippen LogP contribution is 2.31. The Bertz CT molecular complexity index is 995. The second-order valence-corrected chi connectivity index (χ2v) is 8.52. The number of pyridine rings is 1. The van der Waals surface area contributed by atoms with Gasteiger partial charge in [0.2, 0.25) is 0 Å². The van der Waals surface area contributed by atoms with Crippen molar-refractivity contribution in [1.82, 2.24) is 19.8 Å². The first-order chi connectivity index (χ1) is 14.1. The molecule has 4 rings (SSSR count). The van der Waals surface area contributed by atoms with E-state index in [0.717, 1.165) is 54.6 Å². The van der Waals surface area contributed by atoms with Crippen LogP contribution in [0, 0.1) is 11.3 Å². The zero-order valence-corrected chi connectivity index (χ0v) is 17.7. The quantitative estimate of drug-likeness (QED) is 0.637. The van der Waals surface area contributed by atoms with Crippen LogP contribution in [0.3, 0.4) is 0 Å². The lowest BCUT2D eigenvalue weighted by atomic mass is 10.1. The molecule has 0 atom stereocenters. The maximum absolute atomic E-state index is 8.98. The Morgan fingerprint density at radius 3 is 2.55 bits per heavy atom. The van der Waals surface area contributed by atoms with Gasteiger partial charge in [0.1, 0.15) is 5.01 Å². The van der Waals surface area contributed by atoms with Crippen molar-refractivity contribution in [2.24, 2.45) is 0 Å². The van der Waals surface area contributed by atoms with Crippen molar-refractivity contribution < 1.29 is 0 Å². The molecule has 148 valence electrons. The summed E-state index contributed by atoms with van der Waals surface area (Å²) in [6, 6.07) is 12.5. The van der Waals surface area contributed by atoms with E-state index in [1.807, 2.05) is 36.7 Å². The lowest BCUT2D eigenvalue weighted by Gasteiger charge is -2.37. The third kappa shape index (κ3) is 4.54. The first-order valence-corrected chi connectivity index (χ1v) is 10.9. The summed E-state index contributed by atoms with van der Waals surface area (Å²) in [5, 5.41) is 12.1. The number of nitrogens with zero attached hydrogens (tertiary/aromatic N) is 5. The molecule has 3 heterocycles. The van der Waals surface area contributed by atoms with Gasteiger partial charge in [0.05, 0.1) is 17.3 Å². The molecule has 0 saturated carbocycles. The SMILES string of the molecule is CC(C)N1CCN(Cc2ccncc2-c2nc(-c3ccc(C#N)cc3)cs2)CC1. The van der Waals surface area contributed by atoms with E-state index in [4.69, 9.17) is 10.2 Å². The summed E-state index contributed by atoms with van der Waals surface area (Å²) in [4.78, 5) is 14.3. The highest BCUT2D eigenvalue weighted by molar-refractivity contribution is 7.13. The number of hydrogen-bond donors (Lipinski definition) is 0. The van der Waals surface area contributed by atoms with Crippen LogP contribution in [0.25, 0.3) is 21.8 Å². The van der Waals surface area contributed by atoms with Crippen molar-refractivity contribution in [1.29, 1.82) is 5.26 Å². The largest absolute Gasteiger partial charge is 0.298 e. The Kier molecular flexibility index (Phi) is 6.00. The van der Waals surface area contributed by atoms with Crippen molar-refractivity contribution in [2.75, 3.05) is 26.2 Å². The number of aromatic nitrogens is 2. The minimum atomic E-state index is 0.615. The first-order valence-electron chi connectivity index (χ1n) is 10.00. The summed E-state index contributed by atoms with van der Waals surface area (Å²) < 4.78 is 0. The van der Waals surface area contributed by atoms with Crippen LogP contribution in [0.1, 0.15) is 25.0 Å². The molecule has 3 aromatic rings. The monoisotopic (exact) mass is 403 g/mol. The zero-order valence-electron chi connectivity index (χ0n) is 16.9. The van der Waals surface area contributed by atoms with Gasteiger partial charge >= 0.3 is 0 Å². The van der Waals surface area contributed by atoms with Crippen molar-refractivity contribution in [3.8, 4) is 27.9 Å². The molecular weight excluding hydrogens is 378 g/mol. The zero-order chi connectivity index (χ0) is 20.2. The van der Waals surface area contributed by atoms with Crippen LogP contribution in [-0.4, -0.2) is 52.0 Å². The lowest BCUT2D eigenvalue weighted by molar-refractivity contribution is 0.104. The highest BCUT2D eigenvalue weighted by Gasteiger charge is 2.20. The summed E-state index contributed by atoms with van der Waals surface area (Å²) in [5.41, 5.74) is 5.02. The van der Waals surface area contributed by atoms with Gasteiger partial charge in [0, 0.05) is 67.7 Å². The van der Waals surface area contributed by atoms with Crippen LogP contribution in [0.15, 0.2) is 48.1 Å². The number of thiazole rings is 1. The van der Waals surface area contributed by atoms with E-state index in [0.29, 0.717) is 11.6 Å². The minimum Gasteiger partial charge on any atom is -0.298 e. The Morgan fingerprint density at radius 2 is 1.86 bits per heavy atom. The lowest BCUT2D eigenvalue weighted by Crippen LogP contribution is -2.48. The van der Waals surface area contributed by atoms with Gasteiger partial charge in [-0.3, -0.25) is 14.8 Å². The number of piperazine rings is 1. The smallest absolute Gasteiger partial charge is 0.125 e. The predicted molar refractivity (Wildman–Crippen MR) is 117 cm³/mol. The van der Waals surface area contributed by atoms with Gasteiger partial charge in [0.25, 0.3) is 0 Å². The summed E-state index contributed by atoms with van der Waals surface area (Å²) in [7, 11) is 0. The number of hydrogen-bond acceptors (Lipinski definition) is 6. The fourth-order valence-corrected chi connectivity index (χ4v) is 4.55. The molecule has 1 aliphatic rings. The number of nitriles is 1. The summed E-state index contributed by atoms with van der Waals surface area (Å²) >= 11 is 1.65. The number of rotatable bonds is 5. The van der Waals surface area contributed by atoms with Gasteiger partial charge in [-0.25, -0.2) is 4.98 Å². The van der Waals surface area contributed by atoms with Gasteiger partial charge in [-0.1, -0.05) is 12.1 Å². The third-order valence-corrected chi connectivity index (χ3v) is 6.36. The molecule has 0 amide bonds. The van der Waals surface area contributed by atoms with Crippen LogP contribution in [0.4, 0.5) is 0 Å². The average molecular weight is 404 g/mol. The minimum absolute atomic E-state index is 0.615. The van der Waals surface area contributed by atoms with Crippen molar-refractivity contribution in [3.63, 3.8) is 0 Å².